The van der Waals surface area contributed by atoms with Crippen molar-refractivity contribution in [2.24, 2.45) is 0 Å². The Balaban J connectivity index is 0.915. The minimum Gasteiger partial charge on any atom is -0.245 e. The molecule has 12 rings (SSSR count). The van der Waals surface area contributed by atoms with E-state index in [0.29, 0.717) is 0 Å². The molecule has 0 unspecified atom stereocenters. The summed E-state index contributed by atoms with van der Waals surface area (Å²) in [6.45, 7) is 0. The van der Waals surface area contributed by atoms with Crippen molar-refractivity contribution in [2.75, 3.05) is 0 Å². The first-order valence-electron chi connectivity index (χ1n) is 19.4. The van der Waals surface area contributed by atoms with Crippen LogP contribution < -0.4 is 0 Å². The number of fused-ring (bicyclic) bond motifs is 12. The smallest absolute Gasteiger partial charge is 0.0972 e. The SMILES string of the molecule is c1ccc(-c2ccc(-c3ccc(-c4ccc5ccc6ccc(-c7ccc8c(c7)sc7cc9c%10ccccc%10c%10ccccc%10c9cc78)nc6c5n4)cc3)cc2)cc1. The Morgan fingerprint density at radius 1 is 0.263 bits per heavy atom. The van der Waals surface area contributed by atoms with E-state index in [4.69, 9.17) is 9.97 Å². The molecule has 0 aliphatic rings. The van der Waals surface area contributed by atoms with Crippen molar-refractivity contribution in [3.8, 4) is 44.8 Å². The fraction of sp³-hybridized carbons (Fsp3) is 0. The van der Waals surface area contributed by atoms with Gasteiger partial charge in [-0.15, -0.1) is 11.3 Å². The Kier molecular flexibility index (Phi) is 7.13. The summed E-state index contributed by atoms with van der Waals surface area (Å²) in [7, 11) is 0. The lowest BCUT2D eigenvalue weighted by molar-refractivity contribution is 1.37. The molecule has 264 valence electrons. The van der Waals surface area contributed by atoms with Crippen LogP contribution in [0.15, 0.2) is 194 Å². The van der Waals surface area contributed by atoms with Crippen molar-refractivity contribution in [1.82, 2.24) is 9.97 Å². The van der Waals surface area contributed by atoms with Crippen LogP contribution in [0.25, 0.3) is 119 Å². The second-order valence-corrected chi connectivity index (χ2v) is 16.0. The molecular formula is C54H32N2S. The van der Waals surface area contributed by atoms with Crippen LogP contribution in [0.1, 0.15) is 0 Å². The average molecular weight is 741 g/mol. The highest BCUT2D eigenvalue weighted by Crippen LogP contribution is 2.43. The minimum atomic E-state index is 0.918. The van der Waals surface area contributed by atoms with E-state index in [1.54, 1.807) is 0 Å². The van der Waals surface area contributed by atoms with E-state index in [9.17, 15) is 0 Å². The van der Waals surface area contributed by atoms with E-state index in [1.165, 1.54) is 74.7 Å². The lowest BCUT2D eigenvalue weighted by Crippen LogP contribution is -1.91. The Morgan fingerprint density at radius 3 is 1.26 bits per heavy atom. The topological polar surface area (TPSA) is 25.8 Å². The normalized spacial score (nSPS) is 11.9. The molecule has 57 heavy (non-hydrogen) atoms. The first-order valence-corrected chi connectivity index (χ1v) is 20.2. The molecule has 0 amide bonds. The molecule has 12 aromatic rings. The number of benzene rings is 9. The molecule has 0 atom stereocenters. The molecule has 0 radical (unpaired) electrons. The summed E-state index contributed by atoms with van der Waals surface area (Å²) in [5, 5.41) is 12.6. The molecule has 0 aliphatic carbocycles. The molecule has 0 bridgehead atoms. The van der Waals surface area contributed by atoms with Crippen LogP contribution in [-0.4, -0.2) is 9.97 Å². The Labute approximate surface area is 333 Å². The Bertz CT molecular complexity index is 3550. The van der Waals surface area contributed by atoms with E-state index < -0.39 is 0 Å². The van der Waals surface area contributed by atoms with E-state index in [-0.39, 0.29) is 0 Å². The zero-order valence-corrected chi connectivity index (χ0v) is 31.6. The van der Waals surface area contributed by atoms with Crippen molar-refractivity contribution in [1.29, 1.82) is 0 Å². The fourth-order valence-corrected chi connectivity index (χ4v) is 9.91. The summed E-state index contributed by atoms with van der Waals surface area (Å²) in [5.74, 6) is 0. The van der Waals surface area contributed by atoms with Crippen LogP contribution >= 0.6 is 11.3 Å². The summed E-state index contributed by atoms with van der Waals surface area (Å²) >= 11 is 1.86. The number of thiophene rings is 1. The second kappa shape index (κ2) is 12.7. The van der Waals surface area contributed by atoms with Crippen LogP contribution in [0, 0.1) is 0 Å². The van der Waals surface area contributed by atoms with E-state index >= 15 is 0 Å². The van der Waals surface area contributed by atoms with Gasteiger partial charge < -0.3 is 0 Å². The van der Waals surface area contributed by atoms with Crippen LogP contribution in [0.2, 0.25) is 0 Å². The summed E-state index contributed by atoms with van der Waals surface area (Å²) in [6, 6.07) is 70.2. The standard InChI is InChI=1S/C54H32N2S/c1-2-8-33(9-3-1)34-14-16-35(17-15-34)36-18-20-37(21-19-36)49-28-25-38-22-23-39-26-29-50(56-54(39)53(38)55-49)40-24-27-45-48-31-46-43-12-6-4-10-41(43)42-11-5-7-13-44(42)47(46)32-52(48)57-51(45)30-40/h1-32H. The van der Waals surface area contributed by atoms with Gasteiger partial charge in [-0.05, 0) is 84.9 Å². The maximum Gasteiger partial charge on any atom is 0.0972 e. The van der Waals surface area contributed by atoms with E-state index in [1.807, 2.05) is 11.3 Å². The highest BCUT2D eigenvalue weighted by atomic mass is 32.1. The molecule has 0 spiro atoms. The first-order chi connectivity index (χ1) is 28.2. The van der Waals surface area contributed by atoms with Gasteiger partial charge in [0.1, 0.15) is 0 Å². The van der Waals surface area contributed by atoms with Gasteiger partial charge in [0.05, 0.1) is 22.4 Å². The highest BCUT2D eigenvalue weighted by Gasteiger charge is 2.15. The van der Waals surface area contributed by atoms with Crippen molar-refractivity contribution in [3.63, 3.8) is 0 Å². The number of nitrogens with zero attached hydrogens (tertiary/aromatic N) is 2. The van der Waals surface area contributed by atoms with Gasteiger partial charge in [-0.3, -0.25) is 0 Å². The number of hydrogen-bond acceptors (Lipinski definition) is 3. The number of hydrogen-bond donors (Lipinski definition) is 0. The highest BCUT2D eigenvalue weighted by molar-refractivity contribution is 7.26. The summed E-state index contributed by atoms with van der Waals surface area (Å²) in [4.78, 5) is 10.6. The molecule has 3 aromatic heterocycles. The zero-order chi connectivity index (χ0) is 37.5. The molecular weight excluding hydrogens is 709 g/mol. The van der Waals surface area contributed by atoms with Crippen molar-refractivity contribution >= 4 is 85.6 Å². The monoisotopic (exact) mass is 740 g/mol. The lowest BCUT2D eigenvalue weighted by atomic mass is 9.93. The first kappa shape index (κ1) is 32.1. The second-order valence-electron chi connectivity index (χ2n) is 14.9. The third kappa shape index (κ3) is 5.24. The number of pyridine rings is 2. The molecule has 0 fully saturated rings. The third-order valence-corrected chi connectivity index (χ3v) is 12.8. The molecule has 3 heteroatoms. The lowest BCUT2D eigenvalue weighted by Gasteiger charge is -2.10. The number of aromatic nitrogens is 2. The predicted molar refractivity (Wildman–Crippen MR) is 244 cm³/mol. The molecule has 0 saturated carbocycles. The average Bonchev–Trinajstić information content (AvgIpc) is 3.65. The molecule has 2 nitrogen and oxygen atoms in total. The van der Waals surface area contributed by atoms with Gasteiger partial charge in [-0.1, -0.05) is 164 Å². The van der Waals surface area contributed by atoms with Gasteiger partial charge >= 0.3 is 0 Å². The predicted octanol–water partition coefficient (Wildman–Crippen LogP) is 15.3. The van der Waals surface area contributed by atoms with Gasteiger partial charge in [0.2, 0.25) is 0 Å². The number of rotatable bonds is 4. The van der Waals surface area contributed by atoms with Crippen molar-refractivity contribution in [2.45, 2.75) is 0 Å². The van der Waals surface area contributed by atoms with Crippen molar-refractivity contribution in [3.05, 3.63) is 194 Å². The van der Waals surface area contributed by atoms with Gasteiger partial charge in [0, 0.05) is 42.1 Å². The van der Waals surface area contributed by atoms with Crippen molar-refractivity contribution < 1.29 is 0 Å². The third-order valence-electron chi connectivity index (χ3n) is 11.7. The molecule has 0 aliphatic heterocycles. The molecule has 3 heterocycles. The van der Waals surface area contributed by atoms with Crippen LogP contribution in [-0.2, 0) is 0 Å². The largest absolute Gasteiger partial charge is 0.245 e. The van der Waals surface area contributed by atoms with Gasteiger partial charge in [-0.2, -0.15) is 0 Å². The van der Waals surface area contributed by atoms with E-state index in [2.05, 4.69) is 194 Å². The van der Waals surface area contributed by atoms with Crippen LogP contribution in [0.3, 0.4) is 0 Å². The maximum absolute atomic E-state index is 5.31. The maximum atomic E-state index is 5.31. The molecule has 0 N–H and O–H groups in total. The summed E-state index contributed by atoms with van der Waals surface area (Å²) in [5.41, 5.74) is 10.7. The minimum absolute atomic E-state index is 0.918. The van der Waals surface area contributed by atoms with E-state index in [0.717, 1.165) is 44.3 Å². The fourth-order valence-electron chi connectivity index (χ4n) is 8.74. The Morgan fingerprint density at radius 2 is 0.684 bits per heavy atom. The Hall–Kier alpha value is -7.20. The van der Waals surface area contributed by atoms with Crippen LogP contribution in [0.4, 0.5) is 0 Å². The summed E-state index contributed by atoms with van der Waals surface area (Å²) < 4.78 is 2.57. The van der Waals surface area contributed by atoms with Gasteiger partial charge in [0.15, 0.2) is 0 Å². The molecule has 0 saturated heterocycles. The van der Waals surface area contributed by atoms with Gasteiger partial charge in [-0.25, -0.2) is 9.97 Å². The summed E-state index contributed by atoms with van der Waals surface area (Å²) in [6.07, 6.45) is 0. The zero-order valence-electron chi connectivity index (χ0n) is 30.8. The van der Waals surface area contributed by atoms with Crippen LogP contribution in [0.5, 0.6) is 0 Å². The van der Waals surface area contributed by atoms with Gasteiger partial charge in [0.25, 0.3) is 0 Å². The molecule has 9 aromatic carbocycles. The quantitative estimate of drug-likeness (QED) is 0.168.